The molecule has 0 bridgehead atoms. The second kappa shape index (κ2) is 5.61. The van der Waals surface area contributed by atoms with Crippen molar-refractivity contribution in [1.29, 1.82) is 0 Å². The number of rotatable bonds is 5. The monoisotopic (exact) mass is 249 g/mol. The van der Waals surface area contributed by atoms with Gasteiger partial charge in [-0.25, -0.2) is 0 Å². The molecule has 0 spiro atoms. The number of aromatic nitrogens is 2. The lowest BCUT2D eigenvalue weighted by molar-refractivity contribution is 0.485. The van der Waals surface area contributed by atoms with Crippen molar-refractivity contribution in [2.24, 2.45) is 0 Å². The van der Waals surface area contributed by atoms with Gasteiger partial charge in [-0.1, -0.05) is 29.8 Å². The van der Waals surface area contributed by atoms with Gasteiger partial charge < -0.3 is 9.73 Å². The molecule has 0 saturated heterocycles. The zero-order valence-electron chi connectivity index (χ0n) is 9.19. The molecule has 0 atom stereocenters. The lowest BCUT2D eigenvalue weighted by Gasteiger charge is -1.97. The maximum Gasteiger partial charge on any atom is 0.249 e. The van der Waals surface area contributed by atoms with Gasteiger partial charge in [-0.05, 0) is 12.1 Å². The van der Waals surface area contributed by atoms with E-state index >= 15 is 0 Å². The van der Waals surface area contributed by atoms with Crippen molar-refractivity contribution in [3.05, 3.63) is 47.8 Å². The van der Waals surface area contributed by atoms with Gasteiger partial charge in [0.25, 0.3) is 0 Å². The van der Waals surface area contributed by atoms with Gasteiger partial charge in [-0.3, -0.25) is 0 Å². The third-order valence-corrected chi connectivity index (χ3v) is 2.47. The SMILES string of the molecule is C=CCNCc1nnc(-c2ccccc2Cl)o1. The number of hydrogen-bond donors (Lipinski definition) is 1. The molecule has 1 aromatic heterocycles. The average molecular weight is 250 g/mol. The van der Waals surface area contributed by atoms with Crippen LogP contribution in [0.4, 0.5) is 0 Å². The molecule has 88 valence electrons. The standard InChI is InChI=1S/C12H12ClN3O/c1-2-7-14-8-11-15-16-12(17-11)9-5-3-4-6-10(9)13/h2-6,14H,1,7-8H2. The Labute approximate surface area is 104 Å². The van der Waals surface area contributed by atoms with E-state index in [2.05, 4.69) is 22.1 Å². The Kier molecular flexibility index (Phi) is 3.90. The van der Waals surface area contributed by atoms with Crippen LogP contribution in [0.2, 0.25) is 5.02 Å². The zero-order valence-corrected chi connectivity index (χ0v) is 9.94. The summed E-state index contributed by atoms with van der Waals surface area (Å²) in [5, 5.41) is 11.6. The van der Waals surface area contributed by atoms with Crippen LogP contribution in [-0.4, -0.2) is 16.7 Å². The fourth-order valence-corrected chi connectivity index (χ4v) is 1.57. The molecule has 0 radical (unpaired) electrons. The molecule has 1 N–H and O–H groups in total. The van der Waals surface area contributed by atoms with Crippen molar-refractivity contribution in [3.63, 3.8) is 0 Å². The normalized spacial score (nSPS) is 10.4. The minimum Gasteiger partial charge on any atom is -0.419 e. The molecule has 0 unspecified atom stereocenters. The summed E-state index contributed by atoms with van der Waals surface area (Å²) in [6, 6.07) is 7.36. The summed E-state index contributed by atoms with van der Waals surface area (Å²) in [6.07, 6.45) is 1.77. The maximum absolute atomic E-state index is 6.04. The third-order valence-electron chi connectivity index (χ3n) is 2.14. The van der Waals surface area contributed by atoms with Crippen molar-refractivity contribution in [3.8, 4) is 11.5 Å². The number of halogens is 1. The molecule has 1 heterocycles. The number of nitrogens with one attached hydrogen (secondary N) is 1. The lowest BCUT2D eigenvalue weighted by atomic mass is 10.2. The van der Waals surface area contributed by atoms with Crippen LogP contribution >= 0.6 is 11.6 Å². The first kappa shape index (κ1) is 11.8. The Morgan fingerprint density at radius 3 is 2.94 bits per heavy atom. The van der Waals surface area contributed by atoms with Gasteiger partial charge in [0.05, 0.1) is 17.1 Å². The summed E-state index contributed by atoms with van der Waals surface area (Å²) in [7, 11) is 0. The molecule has 2 aromatic rings. The third kappa shape index (κ3) is 2.93. The van der Waals surface area contributed by atoms with Crippen LogP contribution < -0.4 is 5.32 Å². The first-order valence-corrected chi connectivity index (χ1v) is 5.58. The second-order valence-electron chi connectivity index (χ2n) is 3.40. The Morgan fingerprint density at radius 2 is 2.18 bits per heavy atom. The van der Waals surface area contributed by atoms with Crippen molar-refractivity contribution in [1.82, 2.24) is 15.5 Å². The van der Waals surface area contributed by atoms with E-state index in [-0.39, 0.29) is 0 Å². The van der Waals surface area contributed by atoms with Crippen LogP contribution in [0.1, 0.15) is 5.89 Å². The lowest BCUT2D eigenvalue weighted by Crippen LogP contribution is -2.12. The van der Waals surface area contributed by atoms with Gasteiger partial charge in [0.15, 0.2) is 0 Å². The molecule has 0 fully saturated rings. The van der Waals surface area contributed by atoms with E-state index in [0.29, 0.717) is 29.9 Å². The summed E-state index contributed by atoms with van der Waals surface area (Å²) in [5.41, 5.74) is 0.747. The van der Waals surface area contributed by atoms with Gasteiger partial charge in [-0.15, -0.1) is 16.8 Å². The maximum atomic E-state index is 6.04. The number of nitrogens with zero attached hydrogens (tertiary/aromatic N) is 2. The highest BCUT2D eigenvalue weighted by atomic mass is 35.5. The minimum absolute atomic E-state index is 0.436. The highest BCUT2D eigenvalue weighted by Crippen LogP contribution is 2.25. The Hall–Kier alpha value is -1.65. The first-order valence-electron chi connectivity index (χ1n) is 5.20. The molecule has 4 nitrogen and oxygen atoms in total. The molecule has 0 aliphatic carbocycles. The minimum atomic E-state index is 0.436. The van der Waals surface area contributed by atoms with E-state index in [1.54, 1.807) is 12.1 Å². The van der Waals surface area contributed by atoms with Gasteiger partial charge in [0, 0.05) is 6.54 Å². The van der Waals surface area contributed by atoms with E-state index in [0.717, 1.165) is 5.56 Å². The summed E-state index contributed by atoms with van der Waals surface area (Å²) in [4.78, 5) is 0. The zero-order chi connectivity index (χ0) is 12.1. The Balaban J connectivity index is 2.13. The van der Waals surface area contributed by atoms with Crippen LogP contribution in [-0.2, 0) is 6.54 Å². The fourth-order valence-electron chi connectivity index (χ4n) is 1.35. The van der Waals surface area contributed by atoms with E-state index in [1.807, 2.05) is 18.2 Å². The van der Waals surface area contributed by atoms with Gasteiger partial charge in [0.2, 0.25) is 11.8 Å². The van der Waals surface area contributed by atoms with E-state index in [4.69, 9.17) is 16.0 Å². The summed E-state index contributed by atoms with van der Waals surface area (Å²) >= 11 is 6.04. The van der Waals surface area contributed by atoms with Crippen LogP contribution in [0.3, 0.4) is 0 Å². The Bertz CT molecular complexity index is 510. The summed E-state index contributed by atoms with van der Waals surface area (Å²) in [5.74, 6) is 0.966. The summed E-state index contributed by atoms with van der Waals surface area (Å²) in [6.45, 7) is 4.83. The van der Waals surface area contributed by atoms with Gasteiger partial charge in [0.1, 0.15) is 0 Å². The summed E-state index contributed by atoms with van der Waals surface area (Å²) < 4.78 is 5.49. The highest BCUT2D eigenvalue weighted by molar-refractivity contribution is 6.33. The number of hydrogen-bond acceptors (Lipinski definition) is 4. The van der Waals surface area contributed by atoms with Crippen LogP contribution in [0, 0.1) is 0 Å². The molecular formula is C12H12ClN3O. The molecule has 0 aliphatic heterocycles. The molecule has 1 aromatic carbocycles. The van der Waals surface area contributed by atoms with Gasteiger partial charge >= 0.3 is 0 Å². The smallest absolute Gasteiger partial charge is 0.249 e. The molecule has 17 heavy (non-hydrogen) atoms. The fraction of sp³-hybridized carbons (Fsp3) is 0.167. The quantitative estimate of drug-likeness (QED) is 0.654. The largest absolute Gasteiger partial charge is 0.419 e. The topological polar surface area (TPSA) is 51.0 Å². The van der Waals surface area contributed by atoms with Crippen LogP contribution in [0.25, 0.3) is 11.5 Å². The molecule has 0 amide bonds. The molecule has 0 aliphatic rings. The van der Waals surface area contributed by atoms with Crippen molar-refractivity contribution in [2.75, 3.05) is 6.54 Å². The first-order chi connectivity index (χ1) is 8.31. The van der Waals surface area contributed by atoms with Crippen LogP contribution in [0.15, 0.2) is 41.3 Å². The van der Waals surface area contributed by atoms with E-state index in [9.17, 15) is 0 Å². The van der Waals surface area contributed by atoms with Crippen LogP contribution in [0.5, 0.6) is 0 Å². The molecule has 2 rings (SSSR count). The number of benzene rings is 1. The molecule has 5 heteroatoms. The predicted octanol–water partition coefficient (Wildman–Crippen LogP) is 2.67. The van der Waals surface area contributed by atoms with Crippen molar-refractivity contribution in [2.45, 2.75) is 6.54 Å². The predicted molar refractivity (Wildman–Crippen MR) is 66.6 cm³/mol. The molecular weight excluding hydrogens is 238 g/mol. The second-order valence-corrected chi connectivity index (χ2v) is 3.81. The molecule has 0 saturated carbocycles. The van der Waals surface area contributed by atoms with E-state index < -0.39 is 0 Å². The highest BCUT2D eigenvalue weighted by Gasteiger charge is 2.10. The van der Waals surface area contributed by atoms with Crippen molar-refractivity contribution >= 4 is 11.6 Å². The average Bonchev–Trinajstić information content (AvgIpc) is 2.79. The van der Waals surface area contributed by atoms with Gasteiger partial charge in [-0.2, -0.15) is 0 Å². The Morgan fingerprint density at radius 1 is 1.35 bits per heavy atom. The van der Waals surface area contributed by atoms with Crippen molar-refractivity contribution < 1.29 is 4.42 Å². The van der Waals surface area contributed by atoms with E-state index in [1.165, 1.54) is 0 Å².